The van der Waals surface area contributed by atoms with Crippen LogP contribution in [-0.2, 0) is 0 Å². The van der Waals surface area contributed by atoms with Gasteiger partial charge in [0.2, 0.25) is 0 Å². The van der Waals surface area contributed by atoms with E-state index < -0.39 is 5.56 Å². The molecule has 5 heteroatoms. The maximum atomic E-state index is 12.2. The summed E-state index contributed by atoms with van der Waals surface area (Å²) in [5.41, 5.74) is 1.78. The predicted molar refractivity (Wildman–Crippen MR) is 87.6 cm³/mol. The number of aromatic nitrogens is 2. The van der Waals surface area contributed by atoms with Crippen LogP contribution in [0.3, 0.4) is 0 Å². The molecule has 0 bridgehead atoms. The van der Waals surface area contributed by atoms with E-state index in [1.54, 1.807) is 0 Å². The highest BCUT2D eigenvalue weighted by Gasteiger charge is 2.43. The molecule has 0 spiro atoms. The van der Waals surface area contributed by atoms with E-state index in [2.05, 4.69) is 18.8 Å². The van der Waals surface area contributed by atoms with E-state index in [4.69, 9.17) is 10.8 Å². The smallest absolute Gasteiger partial charge is 0.291 e. The number of fused-ring (bicyclic) bond motifs is 1. The lowest BCUT2D eigenvalue weighted by Crippen LogP contribution is -2.42. The molecule has 1 heterocycles. The Hall–Kier alpha value is -2.17. The molecule has 0 unspecified atom stereocenters. The summed E-state index contributed by atoms with van der Waals surface area (Å²) >= 11 is 0. The summed E-state index contributed by atoms with van der Waals surface area (Å²) in [4.78, 5) is 15.1. The molecule has 116 valence electrons. The largest absolute Gasteiger partial charge is 0.317 e. The van der Waals surface area contributed by atoms with Crippen LogP contribution in [0.4, 0.5) is 0 Å². The Morgan fingerprint density at radius 3 is 2.73 bits per heavy atom. The van der Waals surface area contributed by atoms with Crippen LogP contribution in [0.25, 0.3) is 11.0 Å². The standard InChI is InChI=1S/C17H22N4O/c1-4-10(2)11-6-5-7-12-13(11)20-15(22)14(18)21(12)16(19)17(3)8-9-17/h5-7,10,18-19H,4,8-9H2,1-3H3,(H,20,22)/t10-/m0/s1. The molecule has 5 nitrogen and oxygen atoms in total. The molecule has 1 aromatic carbocycles. The fraction of sp³-hybridized carbons (Fsp3) is 0.471. The molecule has 0 saturated heterocycles. The van der Waals surface area contributed by atoms with Gasteiger partial charge in [0.15, 0.2) is 5.49 Å². The predicted octanol–water partition coefficient (Wildman–Crippen LogP) is 2.95. The Morgan fingerprint density at radius 2 is 2.14 bits per heavy atom. The zero-order chi connectivity index (χ0) is 16.1. The van der Waals surface area contributed by atoms with E-state index in [0.717, 1.165) is 35.9 Å². The van der Waals surface area contributed by atoms with Gasteiger partial charge in [0.1, 0.15) is 5.84 Å². The number of hydrogen-bond acceptors (Lipinski definition) is 3. The van der Waals surface area contributed by atoms with Crippen LogP contribution in [0.15, 0.2) is 23.0 Å². The fourth-order valence-corrected chi connectivity index (χ4v) is 2.83. The van der Waals surface area contributed by atoms with Crippen molar-refractivity contribution in [2.24, 2.45) is 5.41 Å². The Morgan fingerprint density at radius 1 is 1.45 bits per heavy atom. The molecule has 2 aromatic rings. The van der Waals surface area contributed by atoms with Gasteiger partial charge in [-0.1, -0.05) is 32.9 Å². The van der Waals surface area contributed by atoms with Crippen molar-refractivity contribution in [2.75, 3.05) is 0 Å². The third kappa shape index (κ3) is 2.12. The van der Waals surface area contributed by atoms with E-state index in [-0.39, 0.29) is 10.9 Å². The highest BCUT2D eigenvalue weighted by Crippen LogP contribution is 2.46. The number of benzene rings is 1. The van der Waals surface area contributed by atoms with Crippen molar-refractivity contribution in [3.05, 3.63) is 39.6 Å². The van der Waals surface area contributed by atoms with Gasteiger partial charge in [0.25, 0.3) is 5.56 Å². The highest BCUT2D eigenvalue weighted by atomic mass is 16.1. The van der Waals surface area contributed by atoms with Crippen molar-refractivity contribution in [3.63, 3.8) is 0 Å². The van der Waals surface area contributed by atoms with E-state index >= 15 is 0 Å². The summed E-state index contributed by atoms with van der Waals surface area (Å²) in [6.45, 7) is 6.26. The summed E-state index contributed by atoms with van der Waals surface area (Å²) in [7, 11) is 0. The zero-order valence-corrected chi connectivity index (χ0v) is 13.3. The SMILES string of the molecule is CC[C@H](C)c1cccc2c1[nH]c(=O)c(=N)n2C(=N)C1(C)CC1. The molecular formula is C17H22N4O. The van der Waals surface area contributed by atoms with Crippen LogP contribution >= 0.6 is 0 Å². The van der Waals surface area contributed by atoms with Gasteiger partial charge in [-0.05, 0) is 36.8 Å². The van der Waals surface area contributed by atoms with Crippen molar-refractivity contribution in [2.45, 2.75) is 46.0 Å². The molecule has 1 aromatic heterocycles. The van der Waals surface area contributed by atoms with Crippen LogP contribution < -0.4 is 11.0 Å². The molecule has 1 saturated carbocycles. The molecule has 1 fully saturated rings. The van der Waals surface area contributed by atoms with E-state index in [1.165, 1.54) is 4.57 Å². The molecule has 1 aliphatic rings. The summed E-state index contributed by atoms with van der Waals surface area (Å²) < 4.78 is 1.52. The molecular weight excluding hydrogens is 276 g/mol. The number of rotatable bonds is 3. The molecule has 3 rings (SSSR count). The number of nitrogens with one attached hydrogen (secondary N) is 3. The molecule has 1 atom stereocenters. The van der Waals surface area contributed by atoms with Gasteiger partial charge in [-0.25, -0.2) is 0 Å². The molecule has 0 amide bonds. The Balaban J connectivity index is 2.37. The molecule has 3 N–H and O–H groups in total. The minimum absolute atomic E-state index is 0.160. The number of H-pyrrole nitrogens is 1. The monoisotopic (exact) mass is 298 g/mol. The highest BCUT2D eigenvalue weighted by molar-refractivity contribution is 5.96. The third-order valence-electron chi connectivity index (χ3n) is 4.93. The topological polar surface area (TPSA) is 85.5 Å². The van der Waals surface area contributed by atoms with E-state index in [0.29, 0.717) is 11.8 Å². The quantitative estimate of drug-likeness (QED) is 0.590. The average molecular weight is 298 g/mol. The van der Waals surface area contributed by atoms with E-state index in [9.17, 15) is 4.79 Å². The average Bonchev–Trinajstić information content (AvgIpc) is 3.26. The number of aromatic amines is 1. The Kier molecular flexibility index (Phi) is 3.31. The van der Waals surface area contributed by atoms with Crippen LogP contribution in [0.2, 0.25) is 0 Å². The summed E-state index contributed by atoms with van der Waals surface area (Å²) in [5.74, 6) is 0.671. The molecule has 22 heavy (non-hydrogen) atoms. The summed E-state index contributed by atoms with van der Waals surface area (Å²) in [6.07, 6.45) is 2.86. The third-order valence-corrected chi connectivity index (χ3v) is 4.93. The zero-order valence-electron chi connectivity index (χ0n) is 13.3. The van der Waals surface area contributed by atoms with Crippen molar-refractivity contribution in [1.82, 2.24) is 9.55 Å². The fourth-order valence-electron chi connectivity index (χ4n) is 2.83. The first kappa shape index (κ1) is 14.8. The number of para-hydroxylation sites is 1. The van der Waals surface area contributed by atoms with Gasteiger partial charge in [0.05, 0.1) is 11.0 Å². The van der Waals surface area contributed by atoms with Crippen LogP contribution in [0.5, 0.6) is 0 Å². The second-order valence-corrected chi connectivity index (χ2v) is 6.60. The number of hydrogen-bond donors (Lipinski definition) is 3. The second kappa shape index (κ2) is 4.93. The second-order valence-electron chi connectivity index (χ2n) is 6.60. The Bertz CT molecular complexity index is 870. The van der Waals surface area contributed by atoms with Crippen LogP contribution in [-0.4, -0.2) is 15.4 Å². The van der Waals surface area contributed by atoms with Gasteiger partial charge in [-0.2, -0.15) is 0 Å². The van der Waals surface area contributed by atoms with Crippen LogP contribution in [0.1, 0.15) is 51.5 Å². The summed E-state index contributed by atoms with van der Waals surface area (Å²) in [5, 5.41) is 16.6. The maximum Gasteiger partial charge on any atom is 0.291 e. The van der Waals surface area contributed by atoms with Crippen molar-refractivity contribution in [3.8, 4) is 0 Å². The summed E-state index contributed by atoms with van der Waals surface area (Å²) in [6, 6.07) is 5.85. The van der Waals surface area contributed by atoms with E-state index in [1.807, 2.05) is 25.1 Å². The lowest BCUT2D eigenvalue weighted by Gasteiger charge is -2.19. The first-order chi connectivity index (χ1) is 10.4. The minimum Gasteiger partial charge on any atom is -0.317 e. The maximum absolute atomic E-state index is 12.2. The first-order valence-electron chi connectivity index (χ1n) is 7.81. The van der Waals surface area contributed by atoms with Crippen molar-refractivity contribution < 1.29 is 0 Å². The number of nitrogens with zero attached hydrogens (tertiary/aromatic N) is 1. The lowest BCUT2D eigenvalue weighted by atomic mass is 9.97. The molecule has 0 aliphatic heterocycles. The van der Waals surface area contributed by atoms with Gasteiger partial charge in [-0.3, -0.25) is 20.2 Å². The lowest BCUT2D eigenvalue weighted by molar-refractivity contribution is 0.729. The molecule has 0 radical (unpaired) electrons. The molecule has 1 aliphatic carbocycles. The van der Waals surface area contributed by atoms with Gasteiger partial charge in [-0.15, -0.1) is 0 Å². The van der Waals surface area contributed by atoms with Crippen molar-refractivity contribution >= 4 is 16.9 Å². The van der Waals surface area contributed by atoms with Crippen molar-refractivity contribution in [1.29, 1.82) is 10.8 Å². The minimum atomic E-state index is -0.433. The van der Waals surface area contributed by atoms with Gasteiger partial charge >= 0.3 is 0 Å². The first-order valence-corrected chi connectivity index (χ1v) is 7.81. The van der Waals surface area contributed by atoms with Crippen LogP contribution in [0, 0.1) is 16.2 Å². The normalized spacial score (nSPS) is 17.4. The Labute approximate surface area is 129 Å². The van der Waals surface area contributed by atoms with Gasteiger partial charge < -0.3 is 4.98 Å². The van der Waals surface area contributed by atoms with Gasteiger partial charge in [0, 0.05) is 5.41 Å².